The number of nitrogens with zero attached hydrogens (tertiary/aromatic N) is 3. The van der Waals surface area contributed by atoms with Crippen molar-refractivity contribution in [3.63, 3.8) is 0 Å². The van der Waals surface area contributed by atoms with Crippen molar-refractivity contribution in [2.75, 3.05) is 40.3 Å². The summed E-state index contributed by atoms with van der Waals surface area (Å²) in [6.07, 6.45) is 2.78. The van der Waals surface area contributed by atoms with E-state index in [2.05, 4.69) is 34.6 Å². The smallest absolute Gasteiger partial charge is 0.241 e. The van der Waals surface area contributed by atoms with E-state index in [9.17, 15) is 9.90 Å². The number of guanidine groups is 1. The summed E-state index contributed by atoms with van der Waals surface area (Å²) in [4.78, 5) is 20.4. The number of nitrogens with one attached hydrogen (secondary N) is 2. The Labute approximate surface area is 192 Å². The van der Waals surface area contributed by atoms with Crippen LogP contribution in [0.2, 0.25) is 0 Å². The fourth-order valence-corrected chi connectivity index (χ4v) is 3.10. The Hall–Kier alpha value is -1.39. The predicted octanol–water partition coefficient (Wildman–Crippen LogP) is 1.79. The van der Waals surface area contributed by atoms with Crippen molar-refractivity contribution in [3.8, 4) is 0 Å². The summed E-state index contributed by atoms with van der Waals surface area (Å²) >= 11 is 0. The summed E-state index contributed by atoms with van der Waals surface area (Å²) in [5.74, 6) is 0.674. The van der Waals surface area contributed by atoms with E-state index in [1.807, 2.05) is 12.1 Å². The number of likely N-dealkylation sites (N-methyl/N-ethyl adjacent to an activating group) is 1. The molecule has 1 amide bonds. The van der Waals surface area contributed by atoms with E-state index in [0.29, 0.717) is 12.5 Å². The number of likely N-dealkylation sites (tertiary alicyclic amines) is 1. The molecule has 29 heavy (non-hydrogen) atoms. The molecule has 8 heteroatoms. The molecule has 0 aromatic heterocycles. The Morgan fingerprint density at radius 2 is 2.00 bits per heavy atom. The van der Waals surface area contributed by atoms with Gasteiger partial charge < -0.3 is 20.6 Å². The molecule has 1 unspecified atom stereocenters. The number of β-amino-alcohol motifs (C(OH)–C–C–N with tert-alkyl or cyclic N) is 1. The number of benzene rings is 1. The molecule has 1 saturated heterocycles. The van der Waals surface area contributed by atoms with Gasteiger partial charge in [-0.1, -0.05) is 37.6 Å². The first-order valence-electron chi connectivity index (χ1n) is 10.2. The Morgan fingerprint density at radius 3 is 2.62 bits per heavy atom. The van der Waals surface area contributed by atoms with Gasteiger partial charge in [0.15, 0.2) is 5.96 Å². The molecule has 1 heterocycles. The van der Waals surface area contributed by atoms with Crippen molar-refractivity contribution in [2.24, 2.45) is 4.99 Å². The van der Waals surface area contributed by atoms with Crippen LogP contribution in [0, 0.1) is 0 Å². The van der Waals surface area contributed by atoms with E-state index < -0.39 is 0 Å². The number of carbonyl (C=O) groups is 1. The molecule has 0 saturated carbocycles. The molecule has 1 aliphatic rings. The number of unbranched alkanes of at least 4 members (excludes halogenated alkanes) is 1. The average molecular weight is 517 g/mol. The van der Waals surface area contributed by atoms with Crippen molar-refractivity contribution < 1.29 is 9.90 Å². The van der Waals surface area contributed by atoms with Gasteiger partial charge in [-0.25, -0.2) is 4.99 Å². The number of amides is 1. The van der Waals surface area contributed by atoms with E-state index in [1.54, 1.807) is 19.0 Å². The molecule has 1 aliphatic heterocycles. The fourth-order valence-electron chi connectivity index (χ4n) is 3.10. The van der Waals surface area contributed by atoms with Crippen molar-refractivity contribution in [2.45, 2.75) is 45.4 Å². The van der Waals surface area contributed by atoms with Crippen molar-refractivity contribution in [1.29, 1.82) is 0 Å². The van der Waals surface area contributed by atoms with Gasteiger partial charge in [0.25, 0.3) is 0 Å². The molecule has 3 N–H and O–H groups in total. The molecule has 0 spiro atoms. The Morgan fingerprint density at radius 1 is 1.28 bits per heavy atom. The highest BCUT2D eigenvalue weighted by molar-refractivity contribution is 14.0. The maximum Gasteiger partial charge on any atom is 0.241 e. The van der Waals surface area contributed by atoms with E-state index >= 15 is 0 Å². The molecular weight excluding hydrogens is 481 g/mol. The molecule has 0 bridgehead atoms. The molecule has 0 radical (unpaired) electrons. The zero-order valence-corrected chi connectivity index (χ0v) is 20.2. The number of carbonyl (C=O) groups excluding carboxylic acids is 1. The molecule has 1 aromatic rings. The van der Waals surface area contributed by atoms with Crippen LogP contribution in [0.15, 0.2) is 29.3 Å². The number of hydrogen-bond acceptors (Lipinski definition) is 4. The van der Waals surface area contributed by atoms with Gasteiger partial charge in [-0.05, 0) is 24.0 Å². The molecule has 1 aromatic carbocycles. The van der Waals surface area contributed by atoms with E-state index in [4.69, 9.17) is 4.99 Å². The number of aliphatic hydroxyl groups excluding tert-OH is 1. The lowest BCUT2D eigenvalue weighted by molar-refractivity contribution is -0.127. The number of hydrogen-bond donors (Lipinski definition) is 3. The minimum absolute atomic E-state index is 0. The predicted molar refractivity (Wildman–Crippen MR) is 129 cm³/mol. The molecule has 164 valence electrons. The van der Waals surface area contributed by atoms with Crippen LogP contribution in [0.3, 0.4) is 0 Å². The van der Waals surface area contributed by atoms with Gasteiger partial charge in [-0.15, -0.1) is 24.0 Å². The van der Waals surface area contributed by atoms with Crippen LogP contribution >= 0.6 is 24.0 Å². The van der Waals surface area contributed by atoms with Crippen LogP contribution in [-0.2, 0) is 17.9 Å². The Bertz CT molecular complexity index is 654. The van der Waals surface area contributed by atoms with Gasteiger partial charge in [-0.3, -0.25) is 9.69 Å². The van der Waals surface area contributed by atoms with E-state index in [1.165, 1.54) is 11.1 Å². The first-order chi connectivity index (χ1) is 13.5. The van der Waals surface area contributed by atoms with Gasteiger partial charge in [0.2, 0.25) is 5.91 Å². The second-order valence-electron chi connectivity index (χ2n) is 7.53. The lowest BCUT2D eigenvalue weighted by Crippen LogP contribution is -2.43. The quantitative estimate of drug-likeness (QED) is 0.202. The summed E-state index contributed by atoms with van der Waals surface area (Å²) in [6, 6.07) is 8.30. The maximum atomic E-state index is 11.9. The molecule has 2 rings (SSSR count). The highest BCUT2D eigenvalue weighted by Crippen LogP contribution is 2.17. The van der Waals surface area contributed by atoms with Crippen LogP contribution in [0.1, 0.15) is 37.3 Å². The summed E-state index contributed by atoms with van der Waals surface area (Å²) in [7, 11) is 3.49. The number of halogens is 1. The van der Waals surface area contributed by atoms with Crippen molar-refractivity contribution in [3.05, 3.63) is 35.4 Å². The molecule has 1 atom stereocenters. The van der Waals surface area contributed by atoms with Gasteiger partial charge in [0, 0.05) is 40.3 Å². The first kappa shape index (κ1) is 25.6. The largest absolute Gasteiger partial charge is 0.392 e. The zero-order chi connectivity index (χ0) is 20.4. The zero-order valence-electron chi connectivity index (χ0n) is 17.9. The lowest BCUT2D eigenvalue weighted by atomic mass is 10.1. The van der Waals surface area contributed by atoms with Crippen LogP contribution < -0.4 is 10.6 Å². The number of aliphatic imine (C=N–C) groups is 1. The summed E-state index contributed by atoms with van der Waals surface area (Å²) in [5.41, 5.74) is 2.40. The Kier molecular flexibility index (Phi) is 12.2. The highest BCUT2D eigenvalue weighted by Gasteiger charge is 2.20. The second-order valence-corrected chi connectivity index (χ2v) is 7.53. The highest BCUT2D eigenvalue weighted by atomic mass is 127. The van der Waals surface area contributed by atoms with E-state index in [0.717, 1.165) is 45.4 Å². The summed E-state index contributed by atoms with van der Waals surface area (Å²) < 4.78 is 0. The fraction of sp³-hybridized carbons (Fsp3) is 0.619. The van der Waals surface area contributed by atoms with Crippen LogP contribution in [0.4, 0.5) is 0 Å². The van der Waals surface area contributed by atoms with Gasteiger partial charge in [0.1, 0.15) is 0 Å². The number of aliphatic hydroxyl groups is 1. The first-order valence-corrected chi connectivity index (χ1v) is 10.2. The normalized spacial score (nSPS) is 17.0. The lowest BCUT2D eigenvalue weighted by Gasteiger charge is -2.18. The summed E-state index contributed by atoms with van der Waals surface area (Å²) in [5, 5.41) is 16.2. The van der Waals surface area contributed by atoms with Gasteiger partial charge in [0.05, 0.1) is 19.2 Å². The Balaban J connectivity index is 0.00000420. The summed E-state index contributed by atoms with van der Waals surface area (Å²) in [6.45, 7) is 6.22. The van der Waals surface area contributed by atoms with Gasteiger partial charge >= 0.3 is 0 Å². The average Bonchev–Trinajstić information content (AvgIpc) is 3.09. The molecule has 0 aliphatic carbocycles. The standard InChI is InChI=1S/C21H35N5O2.HI/c1-4-5-11-22-21(24-14-20(28)25(2)3)23-13-17-8-6-7-9-18(17)15-26-12-10-19(27)16-26;/h6-9,19,27H,4-5,10-16H2,1-3H3,(H2,22,23,24);1H. The van der Waals surface area contributed by atoms with Crippen LogP contribution in [0.25, 0.3) is 0 Å². The monoisotopic (exact) mass is 517 g/mol. The van der Waals surface area contributed by atoms with Crippen molar-refractivity contribution in [1.82, 2.24) is 20.4 Å². The maximum absolute atomic E-state index is 11.9. The van der Waals surface area contributed by atoms with Crippen LogP contribution in [-0.4, -0.2) is 73.2 Å². The minimum Gasteiger partial charge on any atom is -0.392 e. The van der Waals surface area contributed by atoms with Gasteiger partial charge in [-0.2, -0.15) is 0 Å². The molecule has 1 fully saturated rings. The third-order valence-electron chi connectivity index (χ3n) is 4.90. The molecular formula is C21H36IN5O2. The third-order valence-corrected chi connectivity index (χ3v) is 4.90. The van der Waals surface area contributed by atoms with E-state index in [-0.39, 0.29) is 42.5 Å². The number of rotatable bonds is 9. The second kappa shape index (κ2) is 13.8. The van der Waals surface area contributed by atoms with Crippen LogP contribution in [0.5, 0.6) is 0 Å². The topological polar surface area (TPSA) is 80.2 Å². The SMILES string of the molecule is CCCCNC(=NCc1ccccc1CN1CCC(O)C1)NCC(=O)N(C)C.I. The van der Waals surface area contributed by atoms with Crippen molar-refractivity contribution >= 4 is 35.8 Å². The molecule has 7 nitrogen and oxygen atoms in total. The minimum atomic E-state index is -0.210. The third kappa shape index (κ3) is 9.31.